The summed E-state index contributed by atoms with van der Waals surface area (Å²) >= 11 is 0. The quantitative estimate of drug-likeness (QED) is 0.890. The molecular formula is C17H20N2O3. The van der Waals surface area contributed by atoms with Crippen molar-refractivity contribution in [1.82, 2.24) is 10.2 Å². The molecule has 0 bridgehead atoms. The van der Waals surface area contributed by atoms with Crippen molar-refractivity contribution in [3.8, 4) is 0 Å². The number of benzene rings is 1. The first-order valence-electron chi connectivity index (χ1n) is 7.23. The first kappa shape index (κ1) is 15.8. The van der Waals surface area contributed by atoms with Crippen LogP contribution < -0.4 is 5.32 Å². The van der Waals surface area contributed by atoms with E-state index in [4.69, 9.17) is 4.42 Å². The van der Waals surface area contributed by atoms with Crippen LogP contribution >= 0.6 is 0 Å². The lowest BCUT2D eigenvalue weighted by Crippen LogP contribution is -2.37. The predicted molar refractivity (Wildman–Crippen MR) is 83.3 cm³/mol. The van der Waals surface area contributed by atoms with Crippen LogP contribution in [0.1, 0.15) is 28.6 Å². The Bertz CT molecular complexity index is 618. The lowest BCUT2D eigenvalue weighted by molar-refractivity contribution is -0.129. The van der Waals surface area contributed by atoms with Gasteiger partial charge in [-0.15, -0.1) is 0 Å². The number of amides is 2. The molecule has 0 aliphatic heterocycles. The largest absolute Gasteiger partial charge is 0.459 e. The molecule has 0 unspecified atom stereocenters. The van der Waals surface area contributed by atoms with Gasteiger partial charge < -0.3 is 14.6 Å². The zero-order valence-electron chi connectivity index (χ0n) is 12.8. The molecule has 0 atom stereocenters. The van der Waals surface area contributed by atoms with Gasteiger partial charge in [-0.05, 0) is 29.7 Å². The van der Waals surface area contributed by atoms with Gasteiger partial charge >= 0.3 is 0 Å². The molecule has 0 radical (unpaired) electrons. The molecule has 1 heterocycles. The van der Waals surface area contributed by atoms with E-state index < -0.39 is 0 Å². The number of nitrogens with zero attached hydrogens (tertiary/aromatic N) is 1. The van der Waals surface area contributed by atoms with Crippen molar-refractivity contribution < 1.29 is 14.0 Å². The summed E-state index contributed by atoms with van der Waals surface area (Å²) in [6.07, 6.45) is 2.41. The maximum Gasteiger partial charge on any atom is 0.287 e. The molecule has 0 aliphatic carbocycles. The Labute approximate surface area is 129 Å². The number of aryl methyl sites for hydroxylation is 1. The third kappa shape index (κ3) is 4.22. The summed E-state index contributed by atoms with van der Waals surface area (Å²) in [5, 5.41) is 2.55. The molecule has 5 nitrogen and oxygen atoms in total. The van der Waals surface area contributed by atoms with Gasteiger partial charge in [0.2, 0.25) is 5.91 Å². The van der Waals surface area contributed by atoms with Crippen molar-refractivity contribution in [2.24, 2.45) is 0 Å². The number of hydrogen-bond acceptors (Lipinski definition) is 3. The summed E-state index contributed by atoms with van der Waals surface area (Å²) in [5.41, 5.74) is 2.33. The predicted octanol–water partition coefficient (Wildman–Crippen LogP) is 2.23. The van der Waals surface area contributed by atoms with Crippen molar-refractivity contribution in [1.29, 1.82) is 0 Å². The van der Waals surface area contributed by atoms with Crippen LogP contribution in [0.2, 0.25) is 0 Å². The third-order valence-electron chi connectivity index (χ3n) is 3.42. The van der Waals surface area contributed by atoms with Gasteiger partial charge in [0.25, 0.3) is 5.91 Å². The smallest absolute Gasteiger partial charge is 0.287 e. The van der Waals surface area contributed by atoms with Crippen LogP contribution in [-0.4, -0.2) is 30.3 Å². The molecule has 1 N–H and O–H groups in total. The highest BCUT2D eigenvalue weighted by molar-refractivity contribution is 5.94. The average molecular weight is 300 g/mol. The molecule has 1 aromatic heterocycles. The molecule has 2 rings (SSSR count). The molecule has 2 amide bonds. The molecule has 116 valence electrons. The van der Waals surface area contributed by atoms with Crippen LogP contribution in [0.15, 0.2) is 47.1 Å². The monoisotopic (exact) mass is 300 g/mol. The standard InChI is InChI=1S/C17H20N2O3/c1-3-13-6-8-14(9-7-13)12-19(2)16(20)11-18-17(21)15-5-4-10-22-15/h4-10H,3,11-12H2,1-2H3,(H,18,21). The molecule has 0 saturated carbocycles. The van der Waals surface area contributed by atoms with Gasteiger partial charge in [0.15, 0.2) is 5.76 Å². The number of carbonyl (C=O) groups excluding carboxylic acids is 2. The molecule has 0 fully saturated rings. The van der Waals surface area contributed by atoms with Gasteiger partial charge in [0.1, 0.15) is 0 Å². The third-order valence-corrected chi connectivity index (χ3v) is 3.42. The minimum Gasteiger partial charge on any atom is -0.459 e. The topological polar surface area (TPSA) is 62.6 Å². The number of furan rings is 1. The van der Waals surface area contributed by atoms with E-state index in [2.05, 4.69) is 24.4 Å². The maximum absolute atomic E-state index is 12.0. The maximum atomic E-state index is 12.0. The Morgan fingerprint density at radius 1 is 1.14 bits per heavy atom. The van der Waals surface area contributed by atoms with Crippen LogP contribution in [-0.2, 0) is 17.8 Å². The van der Waals surface area contributed by atoms with Crippen molar-refractivity contribution >= 4 is 11.8 Å². The van der Waals surface area contributed by atoms with Crippen LogP contribution in [0.3, 0.4) is 0 Å². The second kappa shape index (κ2) is 7.45. The fraction of sp³-hybridized carbons (Fsp3) is 0.294. The second-order valence-corrected chi connectivity index (χ2v) is 5.08. The molecule has 0 saturated heterocycles. The van der Waals surface area contributed by atoms with E-state index in [1.807, 2.05) is 12.1 Å². The summed E-state index contributed by atoms with van der Waals surface area (Å²) in [6, 6.07) is 11.3. The summed E-state index contributed by atoms with van der Waals surface area (Å²) in [5.74, 6) is -0.343. The lowest BCUT2D eigenvalue weighted by Gasteiger charge is -2.17. The highest BCUT2D eigenvalue weighted by atomic mass is 16.3. The lowest BCUT2D eigenvalue weighted by atomic mass is 10.1. The van der Waals surface area contributed by atoms with Crippen LogP contribution in [0.4, 0.5) is 0 Å². The highest BCUT2D eigenvalue weighted by Gasteiger charge is 2.13. The van der Waals surface area contributed by atoms with Crippen LogP contribution in [0, 0.1) is 0 Å². The fourth-order valence-corrected chi connectivity index (χ4v) is 2.03. The van der Waals surface area contributed by atoms with Crippen molar-refractivity contribution in [3.63, 3.8) is 0 Å². The van der Waals surface area contributed by atoms with E-state index in [-0.39, 0.29) is 24.1 Å². The van der Waals surface area contributed by atoms with E-state index in [0.29, 0.717) is 6.54 Å². The van der Waals surface area contributed by atoms with Gasteiger partial charge in [-0.2, -0.15) is 0 Å². The van der Waals surface area contributed by atoms with Gasteiger partial charge in [0.05, 0.1) is 12.8 Å². The first-order chi connectivity index (χ1) is 10.6. The second-order valence-electron chi connectivity index (χ2n) is 5.08. The number of rotatable bonds is 6. The summed E-state index contributed by atoms with van der Waals surface area (Å²) in [6.45, 7) is 2.56. The van der Waals surface area contributed by atoms with Gasteiger partial charge in [-0.25, -0.2) is 0 Å². The highest BCUT2D eigenvalue weighted by Crippen LogP contribution is 2.07. The van der Waals surface area contributed by atoms with Crippen LogP contribution in [0.5, 0.6) is 0 Å². The molecular weight excluding hydrogens is 280 g/mol. The Morgan fingerprint density at radius 2 is 1.82 bits per heavy atom. The SMILES string of the molecule is CCc1ccc(CN(C)C(=O)CNC(=O)c2ccco2)cc1. The van der Waals surface area contributed by atoms with Crippen LogP contribution in [0.25, 0.3) is 0 Å². The summed E-state index contributed by atoms with van der Waals surface area (Å²) in [4.78, 5) is 25.3. The van der Waals surface area contributed by atoms with Crippen molar-refractivity contribution in [2.45, 2.75) is 19.9 Å². The normalized spacial score (nSPS) is 10.3. The van der Waals surface area contributed by atoms with Gasteiger partial charge in [0, 0.05) is 13.6 Å². The van der Waals surface area contributed by atoms with Gasteiger partial charge in [-0.3, -0.25) is 9.59 Å². The van der Waals surface area contributed by atoms with Gasteiger partial charge in [-0.1, -0.05) is 31.2 Å². The summed E-state index contributed by atoms with van der Waals surface area (Å²) in [7, 11) is 1.72. The molecule has 2 aromatic rings. The molecule has 0 spiro atoms. The number of nitrogens with one attached hydrogen (secondary N) is 1. The van der Waals surface area contributed by atoms with E-state index >= 15 is 0 Å². The van der Waals surface area contributed by atoms with Crippen molar-refractivity contribution in [3.05, 3.63) is 59.5 Å². The Morgan fingerprint density at radius 3 is 2.41 bits per heavy atom. The minimum absolute atomic E-state index is 0.0525. The zero-order valence-corrected chi connectivity index (χ0v) is 12.8. The molecule has 5 heteroatoms. The first-order valence-corrected chi connectivity index (χ1v) is 7.23. The Hall–Kier alpha value is -2.56. The number of carbonyl (C=O) groups is 2. The zero-order chi connectivity index (χ0) is 15.9. The number of likely N-dealkylation sites (N-methyl/N-ethyl adjacent to an activating group) is 1. The van der Waals surface area contributed by atoms with Crippen molar-refractivity contribution in [2.75, 3.05) is 13.6 Å². The molecule has 1 aromatic carbocycles. The average Bonchev–Trinajstić information content (AvgIpc) is 3.07. The molecule has 0 aliphatic rings. The fourth-order valence-electron chi connectivity index (χ4n) is 2.03. The van der Waals surface area contributed by atoms with E-state index in [0.717, 1.165) is 12.0 Å². The Balaban J connectivity index is 1.82. The van der Waals surface area contributed by atoms with E-state index in [1.54, 1.807) is 24.1 Å². The summed E-state index contributed by atoms with van der Waals surface area (Å²) < 4.78 is 4.97. The minimum atomic E-state index is -0.390. The van der Waals surface area contributed by atoms with E-state index in [9.17, 15) is 9.59 Å². The molecule has 22 heavy (non-hydrogen) atoms. The number of hydrogen-bond donors (Lipinski definition) is 1. The Kier molecular flexibility index (Phi) is 5.36. The van der Waals surface area contributed by atoms with E-state index in [1.165, 1.54) is 11.8 Å².